The molecular formula is C25H23N3O5S. The number of aromatic nitrogens is 2. The molecule has 4 rings (SSSR count). The Labute approximate surface area is 196 Å². The van der Waals surface area contributed by atoms with Gasteiger partial charge in [0, 0.05) is 18.4 Å². The molecule has 4 aromatic rings. The third kappa shape index (κ3) is 4.69. The number of sulfone groups is 1. The number of hydrogen-bond donors (Lipinski definition) is 1. The Morgan fingerprint density at radius 1 is 1.03 bits per heavy atom. The van der Waals surface area contributed by atoms with E-state index in [0.717, 1.165) is 5.56 Å². The number of nitrogens with one attached hydrogen (secondary N) is 1. The van der Waals surface area contributed by atoms with Crippen LogP contribution in [0.4, 0.5) is 0 Å². The van der Waals surface area contributed by atoms with Crippen LogP contribution in [0.2, 0.25) is 0 Å². The Bertz CT molecular complexity index is 1510. The number of pyridine rings is 2. The van der Waals surface area contributed by atoms with Gasteiger partial charge in [0.15, 0.2) is 0 Å². The van der Waals surface area contributed by atoms with Crippen molar-refractivity contribution < 1.29 is 17.9 Å². The highest BCUT2D eigenvalue weighted by Gasteiger charge is 2.25. The zero-order chi connectivity index (χ0) is 24.3. The molecule has 0 unspecified atom stereocenters. The van der Waals surface area contributed by atoms with Gasteiger partial charge in [-0.05, 0) is 48.9 Å². The first kappa shape index (κ1) is 23.2. The van der Waals surface area contributed by atoms with Crippen molar-refractivity contribution in [1.29, 1.82) is 0 Å². The SMILES string of the molecule is COc1ccc(S(=O)(=O)c2cn(CC(=O)NCc3ccccc3)c3nc(C)ccc3c2=O)cc1. The van der Waals surface area contributed by atoms with Gasteiger partial charge in [-0.25, -0.2) is 13.4 Å². The second-order valence-electron chi connectivity index (χ2n) is 7.72. The summed E-state index contributed by atoms with van der Waals surface area (Å²) in [6.07, 6.45) is 1.19. The van der Waals surface area contributed by atoms with Crippen LogP contribution in [-0.2, 0) is 27.7 Å². The van der Waals surface area contributed by atoms with Gasteiger partial charge in [-0.1, -0.05) is 30.3 Å². The summed E-state index contributed by atoms with van der Waals surface area (Å²) in [4.78, 5) is 29.8. The molecule has 2 aromatic carbocycles. The number of fused-ring (bicyclic) bond motifs is 1. The fourth-order valence-electron chi connectivity index (χ4n) is 3.53. The van der Waals surface area contributed by atoms with Crippen LogP contribution in [-0.4, -0.2) is 31.0 Å². The van der Waals surface area contributed by atoms with Crippen molar-refractivity contribution in [1.82, 2.24) is 14.9 Å². The molecule has 2 heterocycles. The minimum atomic E-state index is -4.16. The van der Waals surface area contributed by atoms with E-state index in [4.69, 9.17) is 4.74 Å². The molecule has 174 valence electrons. The standard InChI is InChI=1S/C25H23N3O5S/c1-17-8-13-21-24(30)22(34(31,32)20-11-9-19(33-2)10-12-20)15-28(25(21)27-17)16-23(29)26-14-18-6-4-3-5-7-18/h3-13,15H,14,16H2,1-2H3,(H,26,29). The summed E-state index contributed by atoms with van der Waals surface area (Å²) in [7, 11) is -2.68. The molecule has 0 spiro atoms. The molecule has 0 radical (unpaired) electrons. The van der Waals surface area contributed by atoms with Crippen LogP contribution in [0.3, 0.4) is 0 Å². The fraction of sp³-hybridized carbons (Fsp3) is 0.160. The minimum absolute atomic E-state index is 0.0510. The first-order chi connectivity index (χ1) is 16.3. The lowest BCUT2D eigenvalue weighted by molar-refractivity contribution is -0.121. The summed E-state index contributed by atoms with van der Waals surface area (Å²) in [6.45, 7) is 1.87. The van der Waals surface area contributed by atoms with Gasteiger partial charge in [0.2, 0.25) is 21.2 Å². The summed E-state index contributed by atoms with van der Waals surface area (Å²) in [6, 6.07) is 18.3. The molecule has 0 atom stereocenters. The molecule has 0 saturated heterocycles. The monoisotopic (exact) mass is 477 g/mol. The van der Waals surface area contributed by atoms with Gasteiger partial charge >= 0.3 is 0 Å². The maximum Gasteiger partial charge on any atom is 0.240 e. The first-order valence-corrected chi connectivity index (χ1v) is 12.0. The predicted molar refractivity (Wildman–Crippen MR) is 127 cm³/mol. The van der Waals surface area contributed by atoms with Gasteiger partial charge in [0.1, 0.15) is 22.8 Å². The number of carbonyl (C=O) groups is 1. The Morgan fingerprint density at radius 3 is 2.41 bits per heavy atom. The number of carbonyl (C=O) groups excluding carboxylic acids is 1. The van der Waals surface area contributed by atoms with Crippen molar-refractivity contribution in [2.75, 3.05) is 7.11 Å². The second kappa shape index (κ2) is 9.48. The molecule has 0 fully saturated rings. The van der Waals surface area contributed by atoms with E-state index in [1.807, 2.05) is 30.3 Å². The van der Waals surface area contributed by atoms with Crippen LogP contribution in [0.1, 0.15) is 11.3 Å². The summed E-state index contributed by atoms with van der Waals surface area (Å²) in [5.74, 6) is 0.148. The Hall–Kier alpha value is -3.98. The van der Waals surface area contributed by atoms with Gasteiger partial charge in [-0.15, -0.1) is 0 Å². The van der Waals surface area contributed by atoms with Crippen molar-refractivity contribution in [2.45, 2.75) is 29.8 Å². The first-order valence-electron chi connectivity index (χ1n) is 10.5. The van der Waals surface area contributed by atoms with Crippen molar-refractivity contribution in [3.63, 3.8) is 0 Å². The van der Waals surface area contributed by atoms with E-state index < -0.39 is 20.2 Å². The second-order valence-corrected chi connectivity index (χ2v) is 9.63. The van der Waals surface area contributed by atoms with Gasteiger partial charge in [0.05, 0.1) is 17.4 Å². The van der Waals surface area contributed by atoms with E-state index in [0.29, 0.717) is 18.0 Å². The zero-order valence-corrected chi connectivity index (χ0v) is 19.5. The fourth-order valence-corrected chi connectivity index (χ4v) is 4.90. The smallest absolute Gasteiger partial charge is 0.240 e. The van der Waals surface area contributed by atoms with Crippen molar-refractivity contribution in [2.24, 2.45) is 0 Å². The molecule has 34 heavy (non-hydrogen) atoms. The van der Waals surface area contributed by atoms with E-state index in [2.05, 4.69) is 10.3 Å². The zero-order valence-electron chi connectivity index (χ0n) is 18.7. The molecule has 9 heteroatoms. The minimum Gasteiger partial charge on any atom is -0.497 e. The molecule has 0 aliphatic rings. The molecule has 0 bridgehead atoms. The molecule has 1 amide bonds. The van der Waals surface area contributed by atoms with Crippen LogP contribution in [0.15, 0.2) is 87.5 Å². The summed E-state index contributed by atoms with van der Waals surface area (Å²) < 4.78 is 33.2. The van der Waals surface area contributed by atoms with Gasteiger partial charge < -0.3 is 14.6 Å². The van der Waals surface area contributed by atoms with Crippen molar-refractivity contribution >= 4 is 26.8 Å². The highest BCUT2D eigenvalue weighted by molar-refractivity contribution is 7.91. The van der Waals surface area contributed by atoms with E-state index in [-0.39, 0.29) is 28.4 Å². The van der Waals surface area contributed by atoms with Crippen LogP contribution < -0.4 is 15.5 Å². The van der Waals surface area contributed by atoms with E-state index in [1.54, 1.807) is 13.0 Å². The third-order valence-electron chi connectivity index (χ3n) is 5.33. The number of benzene rings is 2. The van der Waals surface area contributed by atoms with Crippen molar-refractivity contribution in [3.8, 4) is 5.75 Å². The number of rotatable bonds is 7. The van der Waals surface area contributed by atoms with E-state index in [1.165, 1.54) is 48.2 Å². The summed E-state index contributed by atoms with van der Waals surface area (Å²) in [5, 5.41) is 2.94. The number of hydrogen-bond acceptors (Lipinski definition) is 6. The number of methoxy groups -OCH3 is 1. The van der Waals surface area contributed by atoms with E-state index in [9.17, 15) is 18.0 Å². The topological polar surface area (TPSA) is 107 Å². The Morgan fingerprint density at radius 2 is 1.74 bits per heavy atom. The van der Waals surface area contributed by atoms with Crippen LogP contribution in [0.5, 0.6) is 5.75 Å². The molecule has 1 N–H and O–H groups in total. The van der Waals surface area contributed by atoms with Crippen molar-refractivity contribution in [3.05, 3.63) is 94.4 Å². The summed E-state index contributed by atoms with van der Waals surface area (Å²) >= 11 is 0. The molecule has 2 aromatic heterocycles. The molecular weight excluding hydrogens is 454 g/mol. The highest BCUT2D eigenvalue weighted by Crippen LogP contribution is 2.23. The quantitative estimate of drug-likeness (QED) is 0.439. The maximum atomic E-state index is 13.3. The van der Waals surface area contributed by atoms with Gasteiger partial charge in [0.25, 0.3) is 0 Å². The molecule has 8 nitrogen and oxygen atoms in total. The average Bonchev–Trinajstić information content (AvgIpc) is 2.85. The lowest BCUT2D eigenvalue weighted by atomic mass is 10.2. The molecule has 0 aliphatic carbocycles. The predicted octanol–water partition coefficient (Wildman–Crippen LogP) is 2.86. The summed E-state index contributed by atoms with van der Waals surface area (Å²) in [5.41, 5.74) is 1.14. The van der Waals surface area contributed by atoms with Crippen LogP contribution in [0.25, 0.3) is 11.0 Å². The van der Waals surface area contributed by atoms with Crippen LogP contribution >= 0.6 is 0 Å². The van der Waals surface area contributed by atoms with Gasteiger partial charge in [-0.3, -0.25) is 9.59 Å². The Kier molecular flexibility index (Phi) is 6.47. The number of amides is 1. The lowest BCUT2D eigenvalue weighted by Gasteiger charge is -2.14. The molecule has 0 aliphatic heterocycles. The lowest BCUT2D eigenvalue weighted by Crippen LogP contribution is -2.29. The normalized spacial score (nSPS) is 11.4. The third-order valence-corrected chi connectivity index (χ3v) is 7.10. The highest BCUT2D eigenvalue weighted by atomic mass is 32.2. The largest absolute Gasteiger partial charge is 0.497 e. The molecule has 0 saturated carbocycles. The van der Waals surface area contributed by atoms with Crippen LogP contribution in [0, 0.1) is 6.92 Å². The number of ether oxygens (including phenoxy) is 1. The van der Waals surface area contributed by atoms with E-state index >= 15 is 0 Å². The Balaban J connectivity index is 1.75. The average molecular weight is 478 g/mol. The number of aryl methyl sites for hydroxylation is 1. The number of nitrogens with zero attached hydrogens (tertiary/aromatic N) is 2. The maximum absolute atomic E-state index is 13.3. The van der Waals surface area contributed by atoms with Gasteiger partial charge in [-0.2, -0.15) is 0 Å².